The fourth-order valence-corrected chi connectivity index (χ4v) is 6.21. The summed E-state index contributed by atoms with van der Waals surface area (Å²) in [6.45, 7) is 5.05. The molecule has 198 valence electrons. The van der Waals surface area contributed by atoms with Crippen LogP contribution >= 0.6 is 24.2 Å². The Kier molecular flexibility index (Phi) is 8.51. The maximum absolute atomic E-state index is 13.8. The van der Waals surface area contributed by atoms with Gasteiger partial charge in [0.05, 0.1) is 22.6 Å². The van der Waals surface area contributed by atoms with Crippen molar-refractivity contribution in [3.63, 3.8) is 0 Å². The van der Waals surface area contributed by atoms with Crippen LogP contribution in [-0.2, 0) is 6.18 Å². The quantitative estimate of drug-likeness (QED) is 0.357. The van der Waals surface area contributed by atoms with Crippen molar-refractivity contribution in [2.75, 3.05) is 54.8 Å². The second kappa shape index (κ2) is 11.3. The van der Waals surface area contributed by atoms with Crippen molar-refractivity contribution in [2.45, 2.75) is 53.7 Å². The molecule has 3 heterocycles. The standard InChI is InChI=1S/C25H33F3N6S.ClH/c26-25(27,28)16-13-21(31-18-5-8-33(9-6-18)12-7-29)24-23(14-16)35-22-15-19(1-2-20(22)32-24)34-10-3-17(30)4-11-34;/h1-2,13-15,17-18,31-32H,3-12,29-30H2;1H. The fourth-order valence-electron chi connectivity index (χ4n) is 5.11. The van der Waals surface area contributed by atoms with Crippen molar-refractivity contribution in [1.82, 2.24) is 4.90 Å². The SMILES string of the molecule is Cl.NCCN1CCC(Nc2cc(C(F)(F)F)cc3c2Nc2ccc(N4CCC(N)CC4)cc2S3)CC1. The molecule has 11 heteroatoms. The number of fused-ring (bicyclic) bond motifs is 2. The van der Waals surface area contributed by atoms with Crippen molar-refractivity contribution in [3.8, 4) is 0 Å². The highest BCUT2D eigenvalue weighted by Crippen LogP contribution is 2.50. The molecule has 2 fully saturated rings. The minimum Gasteiger partial charge on any atom is -0.380 e. The van der Waals surface area contributed by atoms with Crippen LogP contribution in [0.5, 0.6) is 0 Å². The number of nitrogens with two attached hydrogens (primary N) is 2. The molecule has 0 spiro atoms. The molecule has 36 heavy (non-hydrogen) atoms. The van der Waals surface area contributed by atoms with E-state index >= 15 is 0 Å². The van der Waals surface area contributed by atoms with Gasteiger partial charge < -0.3 is 31.9 Å². The van der Waals surface area contributed by atoms with Crippen LogP contribution in [0.15, 0.2) is 40.1 Å². The molecule has 5 rings (SSSR count). The molecular formula is C25H34ClF3N6S. The molecule has 0 radical (unpaired) electrons. The van der Waals surface area contributed by atoms with E-state index in [2.05, 4.69) is 32.6 Å². The van der Waals surface area contributed by atoms with Gasteiger partial charge in [-0.3, -0.25) is 0 Å². The number of piperidine rings is 2. The smallest absolute Gasteiger partial charge is 0.380 e. The van der Waals surface area contributed by atoms with Crippen LogP contribution in [0.1, 0.15) is 31.2 Å². The molecule has 0 unspecified atom stereocenters. The number of alkyl halides is 3. The third-order valence-electron chi connectivity index (χ3n) is 7.17. The summed E-state index contributed by atoms with van der Waals surface area (Å²) in [7, 11) is 0. The average molecular weight is 543 g/mol. The largest absolute Gasteiger partial charge is 0.416 e. The predicted molar refractivity (Wildman–Crippen MR) is 144 cm³/mol. The number of rotatable bonds is 5. The van der Waals surface area contributed by atoms with E-state index < -0.39 is 11.7 Å². The Bertz CT molecular complexity index is 1050. The van der Waals surface area contributed by atoms with Crippen LogP contribution in [0, 0.1) is 0 Å². The van der Waals surface area contributed by atoms with Crippen LogP contribution in [0.25, 0.3) is 0 Å². The zero-order valence-electron chi connectivity index (χ0n) is 20.1. The summed E-state index contributed by atoms with van der Waals surface area (Å²) < 4.78 is 41.4. The lowest BCUT2D eigenvalue weighted by molar-refractivity contribution is -0.137. The van der Waals surface area contributed by atoms with Gasteiger partial charge in [0.15, 0.2) is 0 Å². The normalized spacial score (nSPS) is 19.2. The van der Waals surface area contributed by atoms with Gasteiger partial charge in [0.1, 0.15) is 0 Å². The number of nitrogens with one attached hydrogen (secondary N) is 2. The van der Waals surface area contributed by atoms with Gasteiger partial charge in [0.2, 0.25) is 0 Å². The van der Waals surface area contributed by atoms with E-state index in [4.69, 9.17) is 11.5 Å². The number of likely N-dealkylation sites (tertiary alicyclic amines) is 1. The molecule has 0 saturated carbocycles. The van der Waals surface area contributed by atoms with Gasteiger partial charge in [0, 0.05) is 66.8 Å². The molecule has 2 saturated heterocycles. The van der Waals surface area contributed by atoms with Crippen molar-refractivity contribution < 1.29 is 13.2 Å². The molecule has 3 aliphatic rings. The zero-order valence-corrected chi connectivity index (χ0v) is 21.7. The number of halogens is 4. The Morgan fingerprint density at radius 1 is 1.00 bits per heavy atom. The van der Waals surface area contributed by atoms with Crippen molar-refractivity contribution in [2.24, 2.45) is 11.5 Å². The van der Waals surface area contributed by atoms with Crippen LogP contribution in [0.3, 0.4) is 0 Å². The van der Waals surface area contributed by atoms with E-state index in [9.17, 15) is 13.2 Å². The van der Waals surface area contributed by atoms with Crippen LogP contribution in [0.4, 0.5) is 35.9 Å². The average Bonchev–Trinajstić information content (AvgIpc) is 2.84. The van der Waals surface area contributed by atoms with Gasteiger partial charge in [-0.2, -0.15) is 13.2 Å². The summed E-state index contributed by atoms with van der Waals surface area (Å²) in [5, 5.41) is 6.86. The van der Waals surface area contributed by atoms with Crippen molar-refractivity contribution >= 4 is 46.9 Å². The Hall–Kier alpha value is -1.85. The minimum atomic E-state index is -4.41. The number of benzene rings is 2. The molecule has 0 bridgehead atoms. The van der Waals surface area contributed by atoms with Crippen molar-refractivity contribution in [1.29, 1.82) is 0 Å². The predicted octanol–water partition coefficient (Wildman–Crippen LogP) is 5.10. The van der Waals surface area contributed by atoms with Crippen LogP contribution in [-0.4, -0.2) is 56.3 Å². The summed E-state index contributed by atoms with van der Waals surface area (Å²) in [4.78, 5) is 6.13. The molecule has 6 nitrogen and oxygen atoms in total. The minimum absolute atomic E-state index is 0. The lowest BCUT2D eigenvalue weighted by Gasteiger charge is -2.34. The van der Waals surface area contributed by atoms with E-state index in [-0.39, 0.29) is 24.5 Å². The Morgan fingerprint density at radius 3 is 2.39 bits per heavy atom. The molecule has 3 aliphatic heterocycles. The number of nitrogens with zero attached hydrogens (tertiary/aromatic N) is 2. The van der Waals surface area contributed by atoms with E-state index in [0.29, 0.717) is 17.1 Å². The zero-order chi connectivity index (χ0) is 24.6. The van der Waals surface area contributed by atoms with Gasteiger partial charge in [-0.15, -0.1) is 12.4 Å². The number of anilines is 4. The van der Waals surface area contributed by atoms with E-state index in [0.717, 1.165) is 80.4 Å². The van der Waals surface area contributed by atoms with E-state index in [1.807, 2.05) is 6.07 Å². The maximum Gasteiger partial charge on any atom is 0.416 e. The number of hydrogen-bond donors (Lipinski definition) is 4. The Balaban J connectivity index is 0.00000304. The molecular weight excluding hydrogens is 509 g/mol. The van der Waals surface area contributed by atoms with Gasteiger partial charge in [-0.25, -0.2) is 0 Å². The number of hydrogen-bond acceptors (Lipinski definition) is 7. The second-order valence-electron chi connectivity index (χ2n) is 9.68. The van der Waals surface area contributed by atoms with Crippen molar-refractivity contribution in [3.05, 3.63) is 35.9 Å². The molecule has 2 aromatic rings. The van der Waals surface area contributed by atoms with Gasteiger partial charge >= 0.3 is 6.18 Å². The van der Waals surface area contributed by atoms with Crippen LogP contribution < -0.4 is 27.0 Å². The van der Waals surface area contributed by atoms with Crippen LogP contribution in [0.2, 0.25) is 0 Å². The summed E-state index contributed by atoms with van der Waals surface area (Å²) in [6.07, 6.45) is -0.777. The second-order valence-corrected chi connectivity index (χ2v) is 10.8. The first-order valence-electron chi connectivity index (χ1n) is 12.3. The molecule has 6 N–H and O–H groups in total. The third kappa shape index (κ3) is 5.99. The molecule has 0 atom stereocenters. The molecule has 0 aliphatic carbocycles. The fraction of sp³-hybridized carbons (Fsp3) is 0.520. The monoisotopic (exact) mass is 542 g/mol. The summed E-state index contributed by atoms with van der Waals surface area (Å²) in [6, 6.07) is 9.06. The Labute approximate surface area is 220 Å². The first kappa shape index (κ1) is 27.2. The van der Waals surface area contributed by atoms with E-state index in [1.165, 1.54) is 23.9 Å². The molecule has 2 aromatic carbocycles. The summed E-state index contributed by atoms with van der Waals surface area (Å²) in [5.74, 6) is 0. The summed E-state index contributed by atoms with van der Waals surface area (Å²) >= 11 is 1.40. The highest BCUT2D eigenvalue weighted by Gasteiger charge is 2.34. The lowest BCUT2D eigenvalue weighted by Crippen LogP contribution is -2.41. The Morgan fingerprint density at radius 2 is 1.72 bits per heavy atom. The van der Waals surface area contributed by atoms with Gasteiger partial charge in [-0.1, -0.05) is 11.8 Å². The third-order valence-corrected chi connectivity index (χ3v) is 8.27. The molecule has 0 aromatic heterocycles. The van der Waals surface area contributed by atoms with E-state index in [1.54, 1.807) is 0 Å². The molecule has 0 amide bonds. The highest BCUT2D eigenvalue weighted by molar-refractivity contribution is 7.99. The van der Waals surface area contributed by atoms with Gasteiger partial charge in [-0.05, 0) is 56.0 Å². The first-order chi connectivity index (χ1) is 16.8. The first-order valence-corrected chi connectivity index (χ1v) is 13.2. The highest BCUT2D eigenvalue weighted by atomic mass is 35.5. The topological polar surface area (TPSA) is 82.6 Å². The lowest BCUT2D eigenvalue weighted by atomic mass is 10.0. The maximum atomic E-state index is 13.8. The van der Waals surface area contributed by atoms with Gasteiger partial charge in [0.25, 0.3) is 0 Å². The summed E-state index contributed by atoms with van der Waals surface area (Å²) in [5.41, 5.74) is 14.3.